The smallest absolute Gasteiger partial charge is 0.410 e. The first-order valence-electron chi connectivity index (χ1n) is 9.12. The predicted molar refractivity (Wildman–Crippen MR) is 104 cm³/mol. The summed E-state index contributed by atoms with van der Waals surface area (Å²) in [5, 5.41) is 0.735. The van der Waals surface area contributed by atoms with Crippen LogP contribution < -0.4 is 11.5 Å². The van der Waals surface area contributed by atoms with Gasteiger partial charge < -0.3 is 21.1 Å². The van der Waals surface area contributed by atoms with Crippen molar-refractivity contribution in [3.63, 3.8) is 0 Å². The van der Waals surface area contributed by atoms with Gasteiger partial charge in [-0.25, -0.2) is 4.79 Å². The molecule has 7 nitrogen and oxygen atoms in total. The van der Waals surface area contributed by atoms with E-state index in [0.29, 0.717) is 29.9 Å². The molecule has 1 aromatic heterocycles. The highest BCUT2D eigenvalue weighted by Crippen LogP contribution is 2.37. The zero-order chi connectivity index (χ0) is 19.8. The number of anilines is 1. The Labute approximate surface area is 158 Å². The van der Waals surface area contributed by atoms with Crippen LogP contribution >= 0.6 is 0 Å². The van der Waals surface area contributed by atoms with Crippen LogP contribution in [0.1, 0.15) is 55.5 Å². The molecule has 1 saturated heterocycles. The second-order valence-corrected chi connectivity index (χ2v) is 7.93. The molecule has 0 atom stereocenters. The van der Waals surface area contributed by atoms with Gasteiger partial charge in [0.2, 0.25) is 0 Å². The summed E-state index contributed by atoms with van der Waals surface area (Å²) >= 11 is 0. The number of pyridine rings is 1. The molecule has 144 valence electrons. The van der Waals surface area contributed by atoms with Gasteiger partial charge in [0.25, 0.3) is 5.91 Å². The van der Waals surface area contributed by atoms with Gasteiger partial charge in [0.05, 0.1) is 11.1 Å². The molecule has 0 saturated carbocycles. The molecule has 2 amide bonds. The largest absolute Gasteiger partial charge is 0.444 e. The van der Waals surface area contributed by atoms with E-state index in [-0.39, 0.29) is 12.0 Å². The molecule has 3 rings (SSSR count). The first kappa shape index (κ1) is 18.9. The molecule has 27 heavy (non-hydrogen) atoms. The van der Waals surface area contributed by atoms with Crippen LogP contribution in [0.25, 0.3) is 10.9 Å². The van der Waals surface area contributed by atoms with Gasteiger partial charge in [-0.2, -0.15) is 0 Å². The van der Waals surface area contributed by atoms with Crippen molar-refractivity contribution < 1.29 is 14.3 Å². The Balaban J connectivity index is 1.84. The molecule has 1 fully saturated rings. The van der Waals surface area contributed by atoms with Gasteiger partial charge in [0.1, 0.15) is 5.60 Å². The van der Waals surface area contributed by atoms with Crippen molar-refractivity contribution in [3.8, 4) is 0 Å². The molecular weight excluding hydrogens is 344 g/mol. The summed E-state index contributed by atoms with van der Waals surface area (Å²) in [4.78, 5) is 30.1. The normalized spacial score (nSPS) is 15.7. The number of hydrogen-bond donors (Lipinski definition) is 2. The monoisotopic (exact) mass is 370 g/mol. The number of aromatic nitrogens is 1. The second-order valence-electron chi connectivity index (χ2n) is 7.93. The number of primary amides is 1. The number of carbonyl (C=O) groups excluding carboxylic acids is 2. The number of fused-ring (bicyclic) bond motifs is 1. The maximum atomic E-state index is 12.3. The third-order valence-electron chi connectivity index (χ3n) is 4.82. The van der Waals surface area contributed by atoms with Crippen LogP contribution in [-0.2, 0) is 4.74 Å². The van der Waals surface area contributed by atoms with Gasteiger partial charge in [0, 0.05) is 30.4 Å². The highest BCUT2D eigenvalue weighted by molar-refractivity contribution is 6.08. The minimum Gasteiger partial charge on any atom is -0.444 e. The number of likely N-dealkylation sites (tertiary alicyclic amines) is 1. The molecular formula is C20H26N4O3. The number of ether oxygens (including phenoxy) is 1. The van der Waals surface area contributed by atoms with E-state index >= 15 is 0 Å². The molecule has 2 heterocycles. The molecule has 0 bridgehead atoms. The van der Waals surface area contributed by atoms with Gasteiger partial charge >= 0.3 is 6.09 Å². The molecule has 0 radical (unpaired) electrons. The van der Waals surface area contributed by atoms with Crippen LogP contribution in [0, 0.1) is 0 Å². The summed E-state index contributed by atoms with van der Waals surface area (Å²) in [6, 6.07) is 5.41. The van der Waals surface area contributed by atoms with E-state index in [1.54, 1.807) is 23.2 Å². The number of nitrogen functional groups attached to an aromatic ring is 1. The minimum absolute atomic E-state index is 0.145. The molecule has 1 aliphatic heterocycles. The van der Waals surface area contributed by atoms with E-state index in [1.807, 2.05) is 26.8 Å². The van der Waals surface area contributed by atoms with Gasteiger partial charge in [-0.05, 0) is 63.3 Å². The van der Waals surface area contributed by atoms with Crippen molar-refractivity contribution in [2.45, 2.75) is 45.1 Å². The Morgan fingerprint density at radius 2 is 1.93 bits per heavy atom. The fourth-order valence-electron chi connectivity index (χ4n) is 3.52. The van der Waals surface area contributed by atoms with Gasteiger partial charge in [-0.1, -0.05) is 0 Å². The third kappa shape index (κ3) is 3.97. The summed E-state index contributed by atoms with van der Waals surface area (Å²) in [6.45, 7) is 6.72. The van der Waals surface area contributed by atoms with E-state index in [2.05, 4.69) is 4.98 Å². The van der Waals surface area contributed by atoms with Gasteiger partial charge in [-0.3, -0.25) is 9.78 Å². The van der Waals surface area contributed by atoms with Crippen LogP contribution in [0.5, 0.6) is 0 Å². The highest BCUT2D eigenvalue weighted by Gasteiger charge is 2.29. The van der Waals surface area contributed by atoms with Crippen molar-refractivity contribution in [1.29, 1.82) is 0 Å². The topological polar surface area (TPSA) is 112 Å². The lowest BCUT2D eigenvalue weighted by Gasteiger charge is -2.34. The molecule has 0 aliphatic carbocycles. The molecule has 1 aromatic carbocycles. The van der Waals surface area contributed by atoms with E-state index in [4.69, 9.17) is 16.2 Å². The number of benzene rings is 1. The Morgan fingerprint density at radius 3 is 2.52 bits per heavy atom. The average Bonchev–Trinajstić information content (AvgIpc) is 2.61. The van der Waals surface area contributed by atoms with Crippen molar-refractivity contribution in [2.75, 3.05) is 18.8 Å². The van der Waals surface area contributed by atoms with E-state index in [1.165, 1.54) is 0 Å². The molecule has 0 unspecified atom stereocenters. The Kier molecular flexibility index (Phi) is 4.95. The quantitative estimate of drug-likeness (QED) is 0.789. The van der Waals surface area contributed by atoms with Gasteiger partial charge in [0.15, 0.2) is 0 Å². The first-order valence-corrected chi connectivity index (χ1v) is 9.12. The van der Waals surface area contributed by atoms with Crippen molar-refractivity contribution in [3.05, 3.63) is 35.5 Å². The Hall–Kier alpha value is -2.83. The van der Waals surface area contributed by atoms with Crippen LogP contribution in [-0.4, -0.2) is 40.6 Å². The number of carbonyl (C=O) groups is 2. The summed E-state index contributed by atoms with van der Waals surface area (Å²) in [5.41, 5.74) is 13.9. The number of rotatable bonds is 2. The number of nitrogens with zero attached hydrogens (tertiary/aromatic N) is 2. The SMILES string of the molecule is CC(C)(C)OC(=O)N1CCC(c2cc(C(N)=O)c3ncccc3c2N)CC1. The summed E-state index contributed by atoms with van der Waals surface area (Å²) in [7, 11) is 0. The standard InChI is InChI=1S/C20H26N4O3/c1-20(2,3)27-19(26)24-9-6-12(7-10-24)14-11-15(18(22)25)17-13(16(14)21)5-4-8-23-17/h4-5,8,11-12H,6-7,9-10,21H2,1-3H3,(H2,22,25). The molecule has 7 heteroatoms. The first-order chi connectivity index (χ1) is 12.7. The highest BCUT2D eigenvalue weighted by atomic mass is 16.6. The van der Waals surface area contributed by atoms with E-state index in [9.17, 15) is 9.59 Å². The maximum absolute atomic E-state index is 12.3. The number of hydrogen-bond acceptors (Lipinski definition) is 5. The molecule has 2 aromatic rings. The van der Waals surface area contributed by atoms with E-state index < -0.39 is 11.5 Å². The lowest BCUT2D eigenvalue weighted by molar-refractivity contribution is 0.0205. The molecule has 1 aliphatic rings. The number of nitrogens with two attached hydrogens (primary N) is 2. The van der Waals surface area contributed by atoms with Crippen LogP contribution in [0.3, 0.4) is 0 Å². The fourth-order valence-corrected chi connectivity index (χ4v) is 3.52. The lowest BCUT2D eigenvalue weighted by atomic mass is 9.86. The summed E-state index contributed by atoms with van der Waals surface area (Å²) < 4.78 is 5.44. The molecule has 0 spiro atoms. The summed E-state index contributed by atoms with van der Waals surface area (Å²) in [5.74, 6) is -0.377. The average molecular weight is 370 g/mol. The van der Waals surface area contributed by atoms with Crippen LogP contribution in [0.2, 0.25) is 0 Å². The van der Waals surface area contributed by atoms with Crippen LogP contribution in [0.15, 0.2) is 24.4 Å². The maximum Gasteiger partial charge on any atom is 0.410 e. The number of amides is 2. The van der Waals surface area contributed by atoms with Crippen molar-refractivity contribution >= 4 is 28.6 Å². The van der Waals surface area contributed by atoms with Gasteiger partial charge in [-0.15, -0.1) is 0 Å². The third-order valence-corrected chi connectivity index (χ3v) is 4.82. The van der Waals surface area contributed by atoms with Crippen molar-refractivity contribution in [1.82, 2.24) is 9.88 Å². The molecule has 4 N–H and O–H groups in total. The second kappa shape index (κ2) is 7.06. The fraction of sp³-hybridized carbons (Fsp3) is 0.450. The zero-order valence-corrected chi connectivity index (χ0v) is 16.0. The van der Waals surface area contributed by atoms with Crippen LogP contribution in [0.4, 0.5) is 10.5 Å². The Morgan fingerprint density at radius 1 is 1.26 bits per heavy atom. The predicted octanol–water partition coefficient (Wildman–Crippen LogP) is 3.03. The van der Waals surface area contributed by atoms with Crippen molar-refractivity contribution in [2.24, 2.45) is 5.73 Å². The lowest BCUT2D eigenvalue weighted by Crippen LogP contribution is -2.41. The Bertz CT molecular complexity index is 881. The number of piperidine rings is 1. The zero-order valence-electron chi connectivity index (χ0n) is 16.0. The van der Waals surface area contributed by atoms with E-state index in [0.717, 1.165) is 23.8 Å². The minimum atomic E-state index is -0.522. The summed E-state index contributed by atoms with van der Waals surface area (Å²) in [6.07, 6.45) is 2.81.